The molecular formula is C12H17IN4O2. The molecule has 0 bridgehead atoms. The summed E-state index contributed by atoms with van der Waals surface area (Å²) in [5.41, 5.74) is 3.65. The van der Waals surface area contributed by atoms with Gasteiger partial charge >= 0.3 is 0 Å². The van der Waals surface area contributed by atoms with E-state index in [0.29, 0.717) is 11.7 Å². The van der Waals surface area contributed by atoms with Gasteiger partial charge in [0.05, 0.1) is 13.3 Å². The third-order valence-corrected chi connectivity index (χ3v) is 2.49. The molecule has 2 rings (SSSR count). The minimum Gasteiger partial charge on any atom is -0.504 e. The largest absolute Gasteiger partial charge is 0.504 e. The Hall–Kier alpha value is -1.51. The van der Waals surface area contributed by atoms with E-state index in [1.54, 1.807) is 24.4 Å². The minimum atomic E-state index is 0. The molecule has 0 fully saturated rings. The van der Waals surface area contributed by atoms with Crippen LogP contribution in [0.4, 0.5) is 0 Å². The molecule has 7 heteroatoms. The zero-order valence-corrected chi connectivity index (χ0v) is 12.9. The summed E-state index contributed by atoms with van der Waals surface area (Å²) < 4.78 is 5.01. The number of phenols is 1. The number of hydrazone groups is 1. The van der Waals surface area contributed by atoms with Crippen LogP contribution in [0.15, 0.2) is 28.3 Å². The van der Waals surface area contributed by atoms with Gasteiger partial charge in [-0.3, -0.25) is 4.99 Å². The van der Waals surface area contributed by atoms with Gasteiger partial charge in [0.15, 0.2) is 11.5 Å². The van der Waals surface area contributed by atoms with E-state index in [1.807, 2.05) is 0 Å². The van der Waals surface area contributed by atoms with Crippen molar-refractivity contribution in [2.75, 3.05) is 20.2 Å². The van der Waals surface area contributed by atoms with Crippen LogP contribution in [-0.2, 0) is 0 Å². The maximum Gasteiger partial charge on any atom is 0.212 e. The number of rotatable bonds is 3. The van der Waals surface area contributed by atoms with Crippen LogP contribution < -0.4 is 15.5 Å². The van der Waals surface area contributed by atoms with Crippen LogP contribution in [0.25, 0.3) is 0 Å². The van der Waals surface area contributed by atoms with Crippen molar-refractivity contribution in [1.82, 2.24) is 10.7 Å². The second-order valence-corrected chi connectivity index (χ2v) is 3.81. The van der Waals surface area contributed by atoms with Crippen LogP contribution in [0.1, 0.15) is 12.0 Å². The lowest BCUT2D eigenvalue weighted by molar-refractivity contribution is 0.373. The molecule has 0 atom stereocenters. The highest BCUT2D eigenvalue weighted by Gasteiger charge is 2.02. The minimum absolute atomic E-state index is 0. The zero-order valence-electron chi connectivity index (χ0n) is 10.6. The number of ether oxygens (including phenoxy) is 1. The number of nitrogens with zero attached hydrogens (tertiary/aromatic N) is 2. The molecule has 1 aliphatic heterocycles. The Morgan fingerprint density at radius 1 is 1.53 bits per heavy atom. The fraction of sp³-hybridized carbons (Fsp3) is 0.333. The first kappa shape index (κ1) is 15.5. The summed E-state index contributed by atoms with van der Waals surface area (Å²) in [6, 6.07) is 5.02. The summed E-state index contributed by atoms with van der Waals surface area (Å²) >= 11 is 0. The molecule has 104 valence electrons. The molecule has 1 aliphatic rings. The Labute approximate surface area is 129 Å². The van der Waals surface area contributed by atoms with Gasteiger partial charge in [-0.05, 0) is 30.2 Å². The molecule has 0 aromatic heterocycles. The summed E-state index contributed by atoms with van der Waals surface area (Å²) in [7, 11) is 1.51. The average molecular weight is 376 g/mol. The number of aromatic hydroxyl groups is 1. The van der Waals surface area contributed by atoms with E-state index in [-0.39, 0.29) is 29.7 Å². The van der Waals surface area contributed by atoms with Gasteiger partial charge in [-0.2, -0.15) is 5.10 Å². The van der Waals surface area contributed by atoms with Crippen molar-refractivity contribution in [2.45, 2.75) is 6.42 Å². The summed E-state index contributed by atoms with van der Waals surface area (Å²) in [5.74, 6) is 1.22. The number of hydrogen-bond acceptors (Lipinski definition) is 6. The summed E-state index contributed by atoms with van der Waals surface area (Å²) in [6.07, 6.45) is 2.69. The third-order valence-electron chi connectivity index (χ3n) is 2.49. The van der Waals surface area contributed by atoms with Gasteiger partial charge < -0.3 is 15.2 Å². The number of phenolic OH excluding ortho intramolecular Hbond substituents is 1. The highest BCUT2D eigenvalue weighted by atomic mass is 127. The molecule has 0 saturated carbocycles. The fourth-order valence-corrected chi connectivity index (χ4v) is 1.55. The molecule has 6 nitrogen and oxygen atoms in total. The van der Waals surface area contributed by atoms with E-state index in [1.165, 1.54) is 7.11 Å². The molecule has 0 spiro atoms. The van der Waals surface area contributed by atoms with Gasteiger partial charge in [0.25, 0.3) is 0 Å². The van der Waals surface area contributed by atoms with Gasteiger partial charge in [0.2, 0.25) is 5.96 Å². The number of guanidine groups is 1. The standard InChI is InChI=1S/C12H16N4O2.HI/c1-18-11-7-9(3-4-10(11)17)8-15-16-12-13-5-2-6-14-12;/h3-4,7-8,17H,2,5-6H2,1H3,(H2,13,14,16);1H/b15-8+;. The quantitative estimate of drug-likeness (QED) is 0.422. The smallest absolute Gasteiger partial charge is 0.212 e. The fourth-order valence-electron chi connectivity index (χ4n) is 1.55. The van der Waals surface area contributed by atoms with Crippen molar-refractivity contribution in [3.63, 3.8) is 0 Å². The van der Waals surface area contributed by atoms with Crippen LogP contribution in [0.3, 0.4) is 0 Å². The van der Waals surface area contributed by atoms with Crippen molar-refractivity contribution in [3.8, 4) is 11.5 Å². The molecule has 0 radical (unpaired) electrons. The van der Waals surface area contributed by atoms with E-state index < -0.39 is 0 Å². The second kappa shape index (κ2) is 7.82. The third kappa shape index (κ3) is 4.58. The molecule has 3 N–H and O–H groups in total. The molecule has 1 aromatic carbocycles. The maximum atomic E-state index is 9.45. The Balaban J connectivity index is 0.00000180. The van der Waals surface area contributed by atoms with Crippen molar-refractivity contribution < 1.29 is 9.84 Å². The second-order valence-electron chi connectivity index (χ2n) is 3.81. The zero-order chi connectivity index (χ0) is 12.8. The molecule has 0 unspecified atom stereocenters. The van der Waals surface area contributed by atoms with E-state index in [9.17, 15) is 5.11 Å². The van der Waals surface area contributed by atoms with Crippen LogP contribution in [0, 0.1) is 0 Å². The Morgan fingerprint density at radius 3 is 3.05 bits per heavy atom. The van der Waals surface area contributed by atoms with Crippen molar-refractivity contribution in [2.24, 2.45) is 10.1 Å². The van der Waals surface area contributed by atoms with Crippen molar-refractivity contribution in [1.29, 1.82) is 0 Å². The lowest BCUT2D eigenvalue weighted by Gasteiger charge is -2.12. The van der Waals surface area contributed by atoms with E-state index in [0.717, 1.165) is 25.1 Å². The molecule has 0 aliphatic carbocycles. The maximum absolute atomic E-state index is 9.45. The summed E-state index contributed by atoms with van der Waals surface area (Å²) in [5, 5.41) is 16.6. The average Bonchev–Trinajstić information content (AvgIpc) is 2.42. The molecule has 1 heterocycles. The molecule has 0 saturated heterocycles. The van der Waals surface area contributed by atoms with Gasteiger partial charge in [-0.15, -0.1) is 24.0 Å². The van der Waals surface area contributed by atoms with Gasteiger partial charge in [0, 0.05) is 13.1 Å². The van der Waals surface area contributed by atoms with Crippen LogP contribution in [-0.4, -0.2) is 37.5 Å². The van der Waals surface area contributed by atoms with Crippen LogP contribution >= 0.6 is 24.0 Å². The number of benzene rings is 1. The first-order valence-electron chi connectivity index (χ1n) is 5.74. The highest BCUT2D eigenvalue weighted by molar-refractivity contribution is 14.0. The highest BCUT2D eigenvalue weighted by Crippen LogP contribution is 2.25. The lowest BCUT2D eigenvalue weighted by atomic mass is 10.2. The number of methoxy groups -OCH3 is 1. The predicted molar refractivity (Wildman–Crippen MR) is 85.7 cm³/mol. The first-order chi connectivity index (χ1) is 8.79. The normalized spacial score (nSPS) is 14.3. The summed E-state index contributed by atoms with van der Waals surface area (Å²) in [6.45, 7) is 1.73. The Bertz CT molecular complexity index is 477. The van der Waals surface area contributed by atoms with E-state index >= 15 is 0 Å². The predicted octanol–water partition coefficient (Wildman–Crippen LogP) is 1.29. The van der Waals surface area contributed by atoms with Crippen molar-refractivity contribution in [3.05, 3.63) is 23.8 Å². The molecule has 1 aromatic rings. The lowest BCUT2D eigenvalue weighted by Crippen LogP contribution is -2.38. The summed E-state index contributed by atoms with van der Waals surface area (Å²) in [4.78, 5) is 4.22. The van der Waals surface area contributed by atoms with Crippen LogP contribution in [0.5, 0.6) is 11.5 Å². The van der Waals surface area contributed by atoms with Crippen molar-refractivity contribution >= 4 is 36.2 Å². The molecular weight excluding hydrogens is 359 g/mol. The molecule has 0 amide bonds. The number of nitrogens with one attached hydrogen (secondary N) is 2. The monoisotopic (exact) mass is 376 g/mol. The van der Waals surface area contributed by atoms with Gasteiger partial charge in [0.1, 0.15) is 0 Å². The van der Waals surface area contributed by atoms with Gasteiger partial charge in [-0.25, -0.2) is 5.43 Å². The number of hydrogen-bond donors (Lipinski definition) is 3. The van der Waals surface area contributed by atoms with Crippen LogP contribution in [0.2, 0.25) is 0 Å². The number of halogens is 1. The Kier molecular flexibility index (Phi) is 6.40. The SMILES string of the molecule is COc1cc(/C=N/NC2=NCCCN2)ccc1O.I. The van der Waals surface area contributed by atoms with Gasteiger partial charge in [-0.1, -0.05) is 0 Å². The topological polar surface area (TPSA) is 78.2 Å². The van der Waals surface area contributed by atoms with E-state index in [2.05, 4.69) is 20.8 Å². The van der Waals surface area contributed by atoms with E-state index in [4.69, 9.17) is 4.74 Å². The Morgan fingerprint density at radius 2 is 2.37 bits per heavy atom. The first-order valence-corrected chi connectivity index (χ1v) is 5.74. The molecule has 19 heavy (non-hydrogen) atoms. The number of aliphatic imine (C=N–C) groups is 1.